The number of halogens is 1. The Morgan fingerprint density at radius 1 is 1.32 bits per heavy atom. The largest absolute Gasteiger partial charge is 0.361 e. The van der Waals surface area contributed by atoms with Gasteiger partial charge in [-0.1, -0.05) is 33.2 Å². The Kier molecular flexibility index (Phi) is 4.42. The van der Waals surface area contributed by atoms with E-state index in [2.05, 4.69) is 58.4 Å². The highest BCUT2D eigenvalue weighted by Gasteiger charge is 2.15. The van der Waals surface area contributed by atoms with Gasteiger partial charge in [0.25, 0.3) is 0 Å². The minimum atomic E-state index is 0.232. The Morgan fingerprint density at radius 2 is 2.05 bits per heavy atom. The first kappa shape index (κ1) is 14.3. The highest BCUT2D eigenvalue weighted by Crippen LogP contribution is 2.22. The molecule has 4 heteroatoms. The quantitative estimate of drug-likeness (QED) is 0.916. The molecular formula is C15H19BrN2O. The molecule has 0 radical (unpaired) electrons. The highest BCUT2D eigenvalue weighted by molar-refractivity contribution is 9.10. The van der Waals surface area contributed by atoms with Crippen molar-refractivity contribution in [1.82, 2.24) is 10.5 Å². The molecule has 0 amide bonds. The summed E-state index contributed by atoms with van der Waals surface area (Å²) in [5.41, 5.74) is 4.65. The second-order valence-electron chi connectivity index (χ2n) is 4.92. The molecule has 0 saturated carbocycles. The van der Waals surface area contributed by atoms with Gasteiger partial charge in [0.1, 0.15) is 5.76 Å². The summed E-state index contributed by atoms with van der Waals surface area (Å²) >= 11 is 3.52. The zero-order valence-electron chi connectivity index (χ0n) is 11.7. The third-order valence-corrected chi connectivity index (χ3v) is 4.25. The van der Waals surface area contributed by atoms with Crippen molar-refractivity contribution in [2.45, 2.75) is 40.3 Å². The maximum Gasteiger partial charge on any atom is 0.138 e. The van der Waals surface area contributed by atoms with Crippen LogP contribution >= 0.6 is 15.9 Å². The van der Waals surface area contributed by atoms with Gasteiger partial charge in [-0.2, -0.15) is 0 Å². The summed E-state index contributed by atoms with van der Waals surface area (Å²) in [5.74, 6) is 0.893. The van der Waals surface area contributed by atoms with Crippen LogP contribution in [-0.4, -0.2) is 5.16 Å². The molecule has 1 N–H and O–H groups in total. The lowest BCUT2D eigenvalue weighted by Crippen LogP contribution is -2.19. The van der Waals surface area contributed by atoms with Crippen LogP contribution in [0.4, 0.5) is 0 Å². The summed E-state index contributed by atoms with van der Waals surface area (Å²) in [6.07, 6.45) is 0. The van der Waals surface area contributed by atoms with E-state index in [0.717, 1.165) is 28.0 Å². The summed E-state index contributed by atoms with van der Waals surface area (Å²) in [6.45, 7) is 9.01. The van der Waals surface area contributed by atoms with Gasteiger partial charge < -0.3 is 9.84 Å². The van der Waals surface area contributed by atoms with Gasteiger partial charge in [0.2, 0.25) is 0 Å². The predicted molar refractivity (Wildman–Crippen MR) is 80.1 cm³/mol. The maximum absolute atomic E-state index is 5.21. The van der Waals surface area contributed by atoms with E-state index >= 15 is 0 Å². The van der Waals surface area contributed by atoms with Crippen molar-refractivity contribution in [3.8, 4) is 0 Å². The average molecular weight is 323 g/mol. The molecule has 0 saturated heterocycles. The van der Waals surface area contributed by atoms with Gasteiger partial charge in [0.05, 0.1) is 5.69 Å². The van der Waals surface area contributed by atoms with Crippen LogP contribution in [0.2, 0.25) is 0 Å². The second kappa shape index (κ2) is 5.88. The Morgan fingerprint density at radius 3 is 2.63 bits per heavy atom. The van der Waals surface area contributed by atoms with Crippen LogP contribution in [0.25, 0.3) is 0 Å². The topological polar surface area (TPSA) is 38.1 Å². The van der Waals surface area contributed by atoms with Crippen LogP contribution in [0.3, 0.4) is 0 Å². The molecule has 0 aliphatic carbocycles. The fourth-order valence-electron chi connectivity index (χ4n) is 2.30. The first-order valence-electron chi connectivity index (χ1n) is 6.40. The predicted octanol–water partition coefficient (Wildman–Crippen LogP) is 4.21. The van der Waals surface area contributed by atoms with Crippen molar-refractivity contribution in [3.63, 3.8) is 0 Å². The Bertz CT molecular complexity index is 558. The van der Waals surface area contributed by atoms with Gasteiger partial charge in [-0.25, -0.2) is 0 Å². The molecule has 0 spiro atoms. The van der Waals surface area contributed by atoms with Gasteiger partial charge in [-0.15, -0.1) is 0 Å². The van der Waals surface area contributed by atoms with Crippen molar-refractivity contribution in [1.29, 1.82) is 0 Å². The van der Waals surface area contributed by atoms with Crippen molar-refractivity contribution in [3.05, 3.63) is 50.8 Å². The number of aryl methyl sites for hydroxylation is 3. The molecule has 102 valence electrons. The van der Waals surface area contributed by atoms with Crippen LogP contribution in [-0.2, 0) is 6.54 Å². The van der Waals surface area contributed by atoms with Crippen molar-refractivity contribution in [2.75, 3.05) is 0 Å². The smallest absolute Gasteiger partial charge is 0.138 e. The number of nitrogens with zero attached hydrogens (tertiary/aromatic N) is 1. The van der Waals surface area contributed by atoms with Crippen molar-refractivity contribution >= 4 is 15.9 Å². The van der Waals surface area contributed by atoms with E-state index < -0.39 is 0 Å². The van der Waals surface area contributed by atoms with Crippen LogP contribution in [0.1, 0.15) is 41.1 Å². The van der Waals surface area contributed by atoms with E-state index in [1.807, 2.05) is 13.8 Å². The van der Waals surface area contributed by atoms with Gasteiger partial charge >= 0.3 is 0 Å². The minimum absolute atomic E-state index is 0.232. The number of hydrogen-bond donors (Lipinski definition) is 1. The number of nitrogens with one attached hydrogen (secondary N) is 1. The lowest BCUT2D eigenvalue weighted by Gasteiger charge is -2.14. The monoisotopic (exact) mass is 322 g/mol. The summed E-state index contributed by atoms with van der Waals surface area (Å²) in [7, 11) is 0. The summed E-state index contributed by atoms with van der Waals surface area (Å²) < 4.78 is 6.36. The fourth-order valence-corrected chi connectivity index (χ4v) is 2.54. The van der Waals surface area contributed by atoms with Crippen molar-refractivity contribution < 1.29 is 4.52 Å². The minimum Gasteiger partial charge on any atom is -0.361 e. The Labute approximate surface area is 122 Å². The summed E-state index contributed by atoms with van der Waals surface area (Å²) in [5, 5.41) is 7.51. The zero-order chi connectivity index (χ0) is 14.0. The number of rotatable bonds is 4. The van der Waals surface area contributed by atoms with E-state index in [9.17, 15) is 0 Å². The molecule has 1 unspecified atom stereocenters. The Balaban J connectivity index is 2.04. The summed E-state index contributed by atoms with van der Waals surface area (Å²) in [6, 6.07) is 6.64. The van der Waals surface area contributed by atoms with Gasteiger partial charge in [0.15, 0.2) is 0 Å². The van der Waals surface area contributed by atoms with Crippen LogP contribution in [0.15, 0.2) is 27.2 Å². The molecule has 1 heterocycles. The van der Waals surface area contributed by atoms with Crippen LogP contribution < -0.4 is 5.32 Å². The normalized spacial score (nSPS) is 12.7. The molecule has 2 rings (SSSR count). The number of benzene rings is 1. The fraction of sp³-hybridized carbons (Fsp3) is 0.400. The molecule has 2 aromatic rings. The number of hydrogen-bond acceptors (Lipinski definition) is 3. The molecular weight excluding hydrogens is 304 g/mol. The van der Waals surface area contributed by atoms with Crippen LogP contribution in [0.5, 0.6) is 0 Å². The Hall–Kier alpha value is -1.13. The molecule has 0 aliphatic heterocycles. The van der Waals surface area contributed by atoms with Gasteiger partial charge in [-0.05, 0) is 44.9 Å². The van der Waals surface area contributed by atoms with E-state index in [1.54, 1.807) is 0 Å². The average Bonchev–Trinajstić information content (AvgIpc) is 2.70. The van der Waals surface area contributed by atoms with Crippen molar-refractivity contribution in [2.24, 2.45) is 0 Å². The highest BCUT2D eigenvalue weighted by atomic mass is 79.9. The molecule has 0 fully saturated rings. The van der Waals surface area contributed by atoms with E-state index in [1.165, 1.54) is 11.1 Å². The third-order valence-electron chi connectivity index (χ3n) is 3.36. The zero-order valence-corrected chi connectivity index (χ0v) is 13.3. The lowest BCUT2D eigenvalue weighted by atomic mass is 10.1. The number of aromatic nitrogens is 1. The lowest BCUT2D eigenvalue weighted by molar-refractivity contribution is 0.390. The van der Waals surface area contributed by atoms with Gasteiger partial charge in [-0.3, -0.25) is 0 Å². The van der Waals surface area contributed by atoms with E-state index in [-0.39, 0.29) is 6.04 Å². The van der Waals surface area contributed by atoms with Gasteiger partial charge in [0, 0.05) is 22.6 Å². The first-order valence-corrected chi connectivity index (χ1v) is 7.19. The van der Waals surface area contributed by atoms with Crippen LogP contribution in [0, 0.1) is 20.8 Å². The first-order chi connectivity index (χ1) is 8.99. The second-order valence-corrected chi connectivity index (χ2v) is 5.78. The molecule has 19 heavy (non-hydrogen) atoms. The summed E-state index contributed by atoms with van der Waals surface area (Å²) in [4.78, 5) is 0. The molecule has 0 bridgehead atoms. The molecule has 0 aliphatic rings. The standard InChI is InChI=1S/C15H19BrN2O/c1-9-7-13(5-6-14(9)16)8-17-10(2)15-11(3)18-19-12(15)4/h5-7,10,17H,8H2,1-4H3. The molecule has 1 aromatic carbocycles. The van der Waals surface area contributed by atoms with E-state index in [4.69, 9.17) is 4.52 Å². The molecule has 3 nitrogen and oxygen atoms in total. The molecule has 1 atom stereocenters. The SMILES string of the molecule is Cc1cc(CNC(C)c2c(C)noc2C)ccc1Br. The van der Waals surface area contributed by atoms with E-state index in [0.29, 0.717) is 0 Å². The third kappa shape index (κ3) is 3.25. The molecule has 1 aromatic heterocycles. The maximum atomic E-state index is 5.21.